The Morgan fingerprint density at radius 2 is 1.70 bits per heavy atom. The highest BCUT2D eigenvalue weighted by atomic mass is 32.2. The van der Waals surface area contributed by atoms with Crippen LogP contribution in [0.25, 0.3) is 0 Å². The minimum absolute atomic E-state index is 0.196. The van der Waals surface area contributed by atoms with Gasteiger partial charge in [-0.2, -0.15) is 8.42 Å². The van der Waals surface area contributed by atoms with Crippen LogP contribution in [0.1, 0.15) is 25.7 Å². The zero-order valence-electron chi connectivity index (χ0n) is 11.7. The molecule has 20 heavy (non-hydrogen) atoms. The fourth-order valence-electron chi connectivity index (χ4n) is 2.36. The summed E-state index contributed by atoms with van der Waals surface area (Å²) in [5, 5.41) is 0. The van der Waals surface area contributed by atoms with Crippen LogP contribution in [0.3, 0.4) is 0 Å². The highest BCUT2D eigenvalue weighted by Crippen LogP contribution is 2.28. The molecule has 1 aliphatic carbocycles. The van der Waals surface area contributed by atoms with Gasteiger partial charge in [-0.1, -0.05) is 6.42 Å². The van der Waals surface area contributed by atoms with E-state index in [-0.39, 0.29) is 12.2 Å². The fourth-order valence-corrected chi connectivity index (χ4v) is 3.44. The van der Waals surface area contributed by atoms with Crippen LogP contribution < -0.4 is 4.74 Å². The molecule has 1 saturated carbocycles. The zero-order chi connectivity index (χ0) is 14.6. The van der Waals surface area contributed by atoms with Crippen LogP contribution in [0, 0.1) is 0 Å². The van der Waals surface area contributed by atoms with E-state index in [1.165, 1.54) is 4.90 Å². The van der Waals surface area contributed by atoms with Crippen LogP contribution in [0.4, 0.5) is 0 Å². The molecule has 0 bridgehead atoms. The maximum absolute atomic E-state index is 11.3. The van der Waals surface area contributed by atoms with Crippen molar-refractivity contribution in [2.75, 3.05) is 12.5 Å². The fraction of sp³-hybridized carbons (Fsp3) is 0.571. The monoisotopic (exact) mass is 316 g/mol. The molecular formula is C14H20O4S2. The highest BCUT2D eigenvalue weighted by Gasteiger charge is 2.30. The van der Waals surface area contributed by atoms with Gasteiger partial charge in [-0.15, -0.1) is 11.8 Å². The molecule has 0 aromatic heterocycles. The van der Waals surface area contributed by atoms with Gasteiger partial charge in [-0.3, -0.25) is 4.18 Å². The Morgan fingerprint density at radius 3 is 2.25 bits per heavy atom. The molecule has 1 aromatic rings. The van der Waals surface area contributed by atoms with Crippen molar-refractivity contribution in [1.82, 2.24) is 0 Å². The summed E-state index contributed by atoms with van der Waals surface area (Å²) in [6, 6.07) is 7.82. The second kappa shape index (κ2) is 6.83. The molecule has 2 rings (SSSR count). The Balaban J connectivity index is 2.04. The first-order valence-electron chi connectivity index (χ1n) is 6.67. The smallest absolute Gasteiger partial charge is 0.264 e. The van der Waals surface area contributed by atoms with Crippen LogP contribution >= 0.6 is 11.8 Å². The number of thioether (sulfide) groups is 1. The van der Waals surface area contributed by atoms with E-state index in [9.17, 15) is 8.42 Å². The van der Waals surface area contributed by atoms with Crippen molar-refractivity contribution < 1.29 is 17.3 Å². The molecule has 112 valence electrons. The van der Waals surface area contributed by atoms with Crippen molar-refractivity contribution in [3.8, 4) is 5.75 Å². The van der Waals surface area contributed by atoms with Gasteiger partial charge in [0, 0.05) is 4.90 Å². The third kappa shape index (κ3) is 4.68. The molecule has 0 radical (unpaired) electrons. The van der Waals surface area contributed by atoms with Crippen molar-refractivity contribution in [2.45, 2.75) is 42.8 Å². The molecule has 0 N–H and O–H groups in total. The summed E-state index contributed by atoms with van der Waals surface area (Å²) >= 11 is 1.67. The summed E-state index contributed by atoms with van der Waals surface area (Å²) < 4.78 is 33.7. The molecule has 1 aromatic carbocycles. The lowest BCUT2D eigenvalue weighted by molar-refractivity contribution is 0.0277. The van der Waals surface area contributed by atoms with E-state index in [0.717, 1.165) is 37.7 Å². The second-order valence-electron chi connectivity index (χ2n) is 4.96. The normalized spacial score (nSPS) is 23.5. The Hall–Kier alpha value is -0.720. The number of rotatable bonds is 5. The third-order valence-electron chi connectivity index (χ3n) is 3.29. The average molecular weight is 316 g/mol. The van der Waals surface area contributed by atoms with Gasteiger partial charge in [0.05, 0.1) is 6.26 Å². The number of hydrogen-bond acceptors (Lipinski definition) is 5. The largest absolute Gasteiger partial charge is 0.488 e. The zero-order valence-corrected chi connectivity index (χ0v) is 13.4. The van der Waals surface area contributed by atoms with E-state index < -0.39 is 10.1 Å². The van der Waals surface area contributed by atoms with E-state index in [1.807, 2.05) is 30.5 Å². The van der Waals surface area contributed by atoms with Crippen molar-refractivity contribution in [2.24, 2.45) is 0 Å². The number of benzene rings is 1. The molecule has 0 aliphatic heterocycles. The minimum Gasteiger partial charge on any atom is -0.488 e. The molecule has 6 heteroatoms. The lowest BCUT2D eigenvalue weighted by Gasteiger charge is -2.30. The van der Waals surface area contributed by atoms with Crippen LogP contribution in [0.5, 0.6) is 5.75 Å². The van der Waals surface area contributed by atoms with Gasteiger partial charge in [0.1, 0.15) is 18.0 Å². The summed E-state index contributed by atoms with van der Waals surface area (Å²) in [6.07, 6.45) is 6.10. The first-order chi connectivity index (χ1) is 9.48. The first-order valence-corrected chi connectivity index (χ1v) is 9.71. The molecule has 2 atom stereocenters. The standard InChI is InChI=1S/C14H20O4S2/c1-19-12-9-7-11(8-10-12)17-13-5-3-4-6-14(13)18-20(2,15)16/h7-10,13-14H,3-6H2,1-2H3/t13-,14-/m1/s1. The van der Waals surface area contributed by atoms with E-state index in [4.69, 9.17) is 8.92 Å². The first kappa shape index (κ1) is 15.7. The van der Waals surface area contributed by atoms with E-state index in [0.29, 0.717) is 0 Å². The summed E-state index contributed by atoms with van der Waals surface area (Å²) in [7, 11) is -3.44. The molecule has 1 aliphatic rings. The summed E-state index contributed by atoms with van der Waals surface area (Å²) in [4.78, 5) is 1.17. The molecular weight excluding hydrogens is 296 g/mol. The maximum atomic E-state index is 11.3. The van der Waals surface area contributed by atoms with E-state index >= 15 is 0 Å². The van der Waals surface area contributed by atoms with E-state index in [2.05, 4.69) is 0 Å². The van der Waals surface area contributed by atoms with Crippen molar-refractivity contribution >= 4 is 21.9 Å². The second-order valence-corrected chi connectivity index (χ2v) is 7.44. The SMILES string of the molecule is CSc1ccc(O[C@@H]2CCCC[C@H]2OS(C)(=O)=O)cc1. The molecule has 0 unspecified atom stereocenters. The third-order valence-corrected chi connectivity index (χ3v) is 4.63. The predicted octanol–water partition coefficient (Wildman–Crippen LogP) is 3.07. The van der Waals surface area contributed by atoms with Crippen molar-refractivity contribution in [1.29, 1.82) is 0 Å². The Labute approximate surface area is 125 Å². The molecule has 0 amide bonds. The van der Waals surface area contributed by atoms with Gasteiger partial charge in [0.25, 0.3) is 10.1 Å². The lowest BCUT2D eigenvalue weighted by atomic mass is 9.95. The number of hydrogen-bond donors (Lipinski definition) is 0. The minimum atomic E-state index is -3.44. The quantitative estimate of drug-likeness (QED) is 0.617. The topological polar surface area (TPSA) is 52.6 Å². The van der Waals surface area contributed by atoms with Crippen LogP contribution in [-0.2, 0) is 14.3 Å². The van der Waals surface area contributed by atoms with Crippen molar-refractivity contribution in [3.05, 3.63) is 24.3 Å². The summed E-state index contributed by atoms with van der Waals surface area (Å²) in [5.41, 5.74) is 0. The Morgan fingerprint density at radius 1 is 1.10 bits per heavy atom. The van der Waals surface area contributed by atoms with Gasteiger partial charge < -0.3 is 4.74 Å². The predicted molar refractivity (Wildman–Crippen MR) is 80.8 cm³/mol. The molecule has 0 spiro atoms. The van der Waals surface area contributed by atoms with Crippen LogP contribution in [0.15, 0.2) is 29.2 Å². The summed E-state index contributed by atoms with van der Waals surface area (Å²) in [6.45, 7) is 0. The maximum Gasteiger partial charge on any atom is 0.264 e. The molecule has 4 nitrogen and oxygen atoms in total. The Kier molecular flexibility index (Phi) is 5.35. The number of ether oxygens (including phenoxy) is 1. The van der Waals surface area contributed by atoms with Gasteiger partial charge in [0.2, 0.25) is 0 Å². The summed E-state index contributed by atoms with van der Waals surface area (Å²) in [5.74, 6) is 0.761. The van der Waals surface area contributed by atoms with Crippen LogP contribution in [-0.4, -0.2) is 33.1 Å². The van der Waals surface area contributed by atoms with Gasteiger partial charge in [0.15, 0.2) is 0 Å². The molecule has 0 heterocycles. The van der Waals surface area contributed by atoms with Crippen LogP contribution in [0.2, 0.25) is 0 Å². The Bertz CT molecular complexity index is 525. The van der Waals surface area contributed by atoms with Gasteiger partial charge in [-0.05, 0) is 49.8 Å². The molecule has 0 saturated heterocycles. The van der Waals surface area contributed by atoms with E-state index in [1.54, 1.807) is 11.8 Å². The lowest BCUT2D eigenvalue weighted by Crippen LogP contribution is -2.38. The van der Waals surface area contributed by atoms with Gasteiger partial charge >= 0.3 is 0 Å². The highest BCUT2D eigenvalue weighted by molar-refractivity contribution is 7.98. The van der Waals surface area contributed by atoms with Gasteiger partial charge in [-0.25, -0.2) is 0 Å². The molecule has 1 fully saturated rings. The van der Waals surface area contributed by atoms with Crippen molar-refractivity contribution in [3.63, 3.8) is 0 Å². The average Bonchev–Trinajstić information content (AvgIpc) is 2.40.